The van der Waals surface area contributed by atoms with Crippen LogP contribution < -0.4 is 15.8 Å². The molecule has 2 aliphatic carbocycles. The van der Waals surface area contributed by atoms with Crippen molar-refractivity contribution < 1.29 is 19.1 Å². The van der Waals surface area contributed by atoms with Crippen LogP contribution in [0.15, 0.2) is 23.6 Å². The summed E-state index contributed by atoms with van der Waals surface area (Å²) < 4.78 is 11.7. The van der Waals surface area contributed by atoms with Gasteiger partial charge >= 0.3 is 6.09 Å². The van der Waals surface area contributed by atoms with Crippen LogP contribution >= 0.6 is 11.6 Å². The fraction of sp³-hybridized carbons (Fsp3) is 0.538. The quantitative estimate of drug-likeness (QED) is 0.534. The van der Waals surface area contributed by atoms with Gasteiger partial charge in [0.1, 0.15) is 30.6 Å². The third-order valence-corrected chi connectivity index (χ3v) is 6.83. The lowest BCUT2D eigenvalue weighted by atomic mass is 9.70. The topological polar surface area (TPSA) is 121 Å². The number of nitrogens with zero attached hydrogens (tertiary/aromatic N) is 3. The van der Waals surface area contributed by atoms with Crippen molar-refractivity contribution in [2.75, 3.05) is 12.8 Å². The van der Waals surface area contributed by atoms with E-state index in [-0.39, 0.29) is 18.2 Å². The molecule has 1 saturated carbocycles. The predicted molar refractivity (Wildman–Crippen MR) is 140 cm³/mol. The number of amides is 1. The normalized spacial score (nSPS) is 21.8. The average molecular weight is 516 g/mol. The Balaban J connectivity index is 1.55. The smallest absolute Gasteiger partial charge is 0.407 e. The summed E-state index contributed by atoms with van der Waals surface area (Å²) >= 11 is 6.80. The Labute approximate surface area is 216 Å². The second-order valence-electron chi connectivity index (χ2n) is 10.8. The highest BCUT2D eigenvalue weighted by atomic mass is 35.5. The number of benzene rings is 1. The number of rotatable bonds is 4. The molecule has 0 unspecified atom stereocenters. The maximum Gasteiger partial charge on any atom is 0.407 e. The molecule has 0 radical (unpaired) electrons. The summed E-state index contributed by atoms with van der Waals surface area (Å²) in [5.74, 6) is 1.03. The first-order valence-electron chi connectivity index (χ1n) is 12.1. The van der Waals surface area contributed by atoms with Gasteiger partial charge in [0.25, 0.3) is 0 Å². The Bertz CT molecular complexity index is 1180. The van der Waals surface area contributed by atoms with Crippen LogP contribution in [0.5, 0.6) is 5.75 Å². The van der Waals surface area contributed by atoms with E-state index in [0.717, 1.165) is 42.4 Å². The van der Waals surface area contributed by atoms with E-state index in [4.69, 9.17) is 31.6 Å². The van der Waals surface area contributed by atoms with Crippen molar-refractivity contribution in [3.8, 4) is 17.0 Å². The van der Waals surface area contributed by atoms with Crippen molar-refractivity contribution >= 4 is 29.2 Å². The molecule has 0 atom stereocenters. The zero-order valence-electron chi connectivity index (χ0n) is 21.6. The molecule has 3 N–H and O–H groups in total. The molecule has 0 aliphatic heterocycles. The van der Waals surface area contributed by atoms with Gasteiger partial charge in [0, 0.05) is 28.1 Å². The number of carbonyl (C=O) groups excluding carboxylic acids is 1. The Morgan fingerprint density at radius 3 is 2.53 bits per heavy atom. The number of carbonyl (C=O) groups is 1. The predicted octanol–water partition coefficient (Wildman–Crippen LogP) is 5.24. The number of alkyl carbamates (subject to hydrolysis) is 1. The number of hydrogen-bond acceptors (Lipinski definition) is 8. The standard InChI is InChI=1S/C26H34ClN5O4/c1-25(2,3)36-24(33)31-14-7-9-15(10-8-14)35-16-11-17-19(18(27)12-16)21-20(23(28)30-13-29-21)26(4,5)22(17)32-34-6/h11-15H,7-10H2,1-6H3,(H,31,33)(H2,28,29,30)/b32-22+. The van der Waals surface area contributed by atoms with Gasteiger partial charge in [-0.1, -0.05) is 16.8 Å². The molecule has 1 fully saturated rings. The molecule has 1 heterocycles. The van der Waals surface area contributed by atoms with Gasteiger partial charge in [0.05, 0.1) is 22.5 Å². The van der Waals surface area contributed by atoms with Crippen molar-refractivity contribution in [2.45, 2.75) is 83.5 Å². The van der Waals surface area contributed by atoms with Gasteiger partial charge in [0.15, 0.2) is 0 Å². The highest BCUT2D eigenvalue weighted by molar-refractivity contribution is 6.35. The summed E-state index contributed by atoms with van der Waals surface area (Å²) in [4.78, 5) is 26.0. The molecular weight excluding hydrogens is 482 g/mol. The van der Waals surface area contributed by atoms with E-state index in [1.807, 2.05) is 40.7 Å². The van der Waals surface area contributed by atoms with E-state index in [1.165, 1.54) is 13.4 Å². The fourth-order valence-corrected chi connectivity index (χ4v) is 5.28. The molecular formula is C26H34ClN5O4. The van der Waals surface area contributed by atoms with Crippen LogP contribution in [0.25, 0.3) is 11.3 Å². The molecule has 194 valence electrons. The van der Waals surface area contributed by atoms with Crippen LogP contribution in [0.3, 0.4) is 0 Å². The monoisotopic (exact) mass is 515 g/mol. The maximum absolute atomic E-state index is 12.1. The number of fused-ring (bicyclic) bond motifs is 3. The van der Waals surface area contributed by atoms with Crippen LogP contribution in [0, 0.1) is 0 Å². The molecule has 1 aromatic carbocycles. The number of anilines is 1. The van der Waals surface area contributed by atoms with E-state index in [9.17, 15) is 4.79 Å². The number of nitrogen functional groups attached to an aromatic ring is 1. The number of oxime groups is 1. The summed E-state index contributed by atoms with van der Waals surface area (Å²) in [6.45, 7) is 9.57. The van der Waals surface area contributed by atoms with Crippen LogP contribution in [0.2, 0.25) is 5.02 Å². The molecule has 1 aromatic heterocycles. The third-order valence-electron chi connectivity index (χ3n) is 6.53. The average Bonchev–Trinajstić information content (AvgIpc) is 2.76. The Morgan fingerprint density at radius 1 is 1.19 bits per heavy atom. The zero-order valence-corrected chi connectivity index (χ0v) is 22.4. The lowest BCUT2D eigenvalue weighted by Gasteiger charge is -2.35. The number of nitrogens with one attached hydrogen (secondary N) is 1. The number of ether oxygens (including phenoxy) is 2. The van der Waals surface area contributed by atoms with Crippen molar-refractivity contribution in [2.24, 2.45) is 5.16 Å². The number of aromatic nitrogens is 2. The van der Waals surface area contributed by atoms with Gasteiger partial charge in [-0.2, -0.15) is 0 Å². The Morgan fingerprint density at radius 2 is 1.89 bits per heavy atom. The minimum absolute atomic E-state index is 0.000438. The van der Waals surface area contributed by atoms with Gasteiger partial charge in [-0.3, -0.25) is 0 Å². The van der Waals surface area contributed by atoms with Crippen LogP contribution in [0.1, 0.15) is 71.4 Å². The minimum Gasteiger partial charge on any atom is -0.490 e. The van der Waals surface area contributed by atoms with Gasteiger partial charge in [0.2, 0.25) is 0 Å². The van der Waals surface area contributed by atoms with Gasteiger partial charge in [-0.25, -0.2) is 14.8 Å². The molecule has 0 saturated heterocycles. The zero-order chi connectivity index (χ0) is 26.3. The maximum atomic E-state index is 12.1. The van der Waals surface area contributed by atoms with Crippen molar-refractivity contribution in [3.05, 3.63) is 34.6 Å². The summed E-state index contributed by atoms with van der Waals surface area (Å²) in [5.41, 5.74) is 8.76. The van der Waals surface area contributed by atoms with Crippen LogP contribution in [0.4, 0.5) is 10.6 Å². The first-order chi connectivity index (χ1) is 16.9. The van der Waals surface area contributed by atoms with Gasteiger partial charge in [-0.15, -0.1) is 0 Å². The first kappa shape index (κ1) is 26.0. The summed E-state index contributed by atoms with van der Waals surface area (Å²) in [6.07, 6.45) is 4.26. The second-order valence-corrected chi connectivity index (χ2v) is 11.2. The Hall–Kier alpha value is -3.07. The van der Waals surface area contributed by atoms with Crippen LogP contribution in [-0.2, 0) is 15.0 Å². The van der Waals surface area contributed by atoms with E-state index in [1.54, 1.807) is 6.07 Å². The molecule has 0 bridgehead atoms. The van der Waals surface area contributed by atoms with Gasteiger partial charge < -0.3 is 25.4 Å². The largest absolute Gasteiger partial charge is 0.490 e. The summed E-state index contributed by atoms with van der Waals surface area (Å²) in [6, 6.07) is 3.80. The number of halogens is 1. The molecule has 0 spiro atoms. The number of hydrogen-bond donors (Lipinski definition) is 2. The van der Waals surface area contributed by atoms with E-state index >= 15 is 0 Å². The van der Waals surface area contributed by atoms with E-state index in [2.05, 4.69) is 20.4 Å². The van der Waals surface area contributed by atoms with Crippen LogP contribution in [-0.4, -0.2) is 46.6 Å². The summed E-state index contributed by atoms with van der Waals surface area (Å²) in [7, 11) is 1.51. The lowest BCUT2D eigenvalue weighted by Crippen LogP contribution is -2.42. The SMILES string of the molecule is CO/N=C1\c2cc(OC3CCC(NC(=O)OC(C)(C)C)CC3)cc(Cl)c2-c2ncnc(N)c2C1(C)C. The molecule has 10 heteroatoms. The van der Waals surface area contributed by atoms with Gasteiger partial charge in [-0.05, 0) is 72.4 Å². The molecule has 1 amide bonds. The highest BCUT2D eigenvalue weighted by Gasteiger charge is 2.42. The summed E-state index contributed by atoms with van der Waals surface area (Å²) in [5, 5.41) is 7.80. The Kier molecular flexibility index (Phi) is 7.05. The minimum atomic E-state index is -0.614. The molecule has 9 nitrogen and oxygen atoms in total. The fourth-order valence-electron chi connectivity index (χ4n) is 4.98. The lowest BCUT2D eigenvalue weighted by molar-refractivity contribution is 0.0471. The molecule has 36 heavy (non-hydrogen) atoms. The number of nitrogens with two attached hydrogens (primary N) is 1. The molecule has 2 aromatic rings. The van der Waals surface area contributed by atoms with E-state index in [0.29, 0.717) is 28.0 Å². The van der Waals surface area contributed by atoms with Crippen molar-refractivity contribution in [1.82, 2.24) is 15.3 Å². The second kappa shape index (κ2) is 9.76. The third kappa shape index (κ3) is 5.21. The van der Waals surface area contributed by atoms with E-state index < -0.39 is 11.0 Å². The molecule has 4 rings (SSSR count). The van der Waals surface area contributed by atoms with Crippen molar-refractivity contribution in [3.63, 3.8) is 0 Å². The highest BCUT2D eigenvalue weighted by Crippen LogP contribution is 2.48. The first-order valence-corrected chi connectivity index (χ1v) is 12.5. The van der Waals surface area contributed by atoms with Crippen molar-refractivity contribution in [1.29, 1.82) is 0 Å². The molecule has 2 aliphatic rings.